The Balaban J connectivity index is 1.61. The molecule has 8 heteroatoms. The SMILES string of the molecule is [O-][NH+]1CN=C2C1=CC1=C(NC=CN1N1CCNCC1)N2c1ccccc1. The molecule has 1 fully saturated rings. The molecule has 5 rings (SSSR count). The number of nitrogens with one attached hydrogen (secondary N) is 3. The second-order valence-electron chi connectivity index (χ2n) is 6.53. The number of nitrogens with zero attached hydrogens (tertiary/aromatic N) is 4. The average Bonchev–Trinajstić information content (AvgIpc) is 3.07. The van der Waals surface area contributed by atoms with Gasteiger partial charge in [0.15, 0.2) is 12.4 Å². The highest BCUT2D eigenvalue weighted by molar-refractivity contribution is 6.12. The third-order valence-electron chi connectivity index (χ3n) is 4.97. The molecule has 0 radical (unpaired) electrons. The number of hydrazine groups is 1. The molecule has 1 unspecified atom stereocenters. The van der Waals surface area contributed by atoms with Crippen LogP contribution in [-0.2, 0) is 0 Å². The molecular formula is C18H21N7O. The first-order valence-electron chi connectivity index (χ1n) is 8.90. The van der Waals surface area contributed by atoms with Gasteiger partial charge in [0.2, 0.25) is 5.84 Å². The molecule has 0 aliphatic carbocycles. The van der Waals surface area contributed by atoms with Gasteiger partial charge in [-0.05, 0) is 12.1 Å². The van der Waals surface area contributed by atoms with Gasteiger partial charge >= 0.3 is 0 Å². The number of fused-ring (bicyclic) bond motifs is 1. The summed E-state index contributed by atoms with van der Waals surface area (Å²) >= 11 is 0. The van der Waals surface area contributed by atoms with Crippen LogP contribution >= 0.6 is 0 Å². The normalized spacial score (nSPS) is 25.5. The van der Waals surface area contributed by atoms with E-state index in [9.17, 15) is 5.21 Å². The standard InChI is InChI=1S/C18H21N7O/c26-24-13-21-18-16(24)12-15-17(25(18)14-4-2-1-3-5-14)20-8-11-23(15)22-9-6-19-7-10-22/h1-5,8,11-12,19-20,24H,6-7,9-10,13H2. The summed E-state index contributed by atoms with van der Waals surface area (Å²) in [6.07, 6.45) is 5.93. The fourth-order valence-electron chi connectivity index (χ4n) is 3.73. The quantitative estimate of drug-likeness (QED) is 0.625. The van der Waals surface area contributed by atoms with Crippen molar-refractivity contribution < 1.29 is 5.06 Å². The number of piperazine rings is 1. The van der Waals surface area contributed by atoms with Crippen molar-refractivity contribution in [1.82, 2.24) is 20.7 Å². The number of benzene rings is 1. The van der Waals surface area contributed by atoms with Crippen molar-refractivity contribution >= 4 is 11.5 Å². The predicted molar refractivity (Wildman–Crippen MR) is 99.2 cm³/mol. The van der Waals surface area contributed by atoms with Gasteiger partial charge in [-0.2, -0.15) is 0 Å². The van der Waals surface area contributed by atoms with Gasteiger partial charge in [0.1, 0.15) is 11.5 Å². The Labute approximate surface area is 151 Å². The van der Waals surface area contributed by atoms with E-state index in [2.05, 4.69) is 25.6 Å². The van der Waals surface area contributed by atoms with Crippen LogP contribution in [-0.4, -0.2) is 48.7 Å². The van der Waals surface area contributed by atoms with Crippen LogP contribution < -0.4 is 20.6 Å². The third-order valence-corrected chi connectivity index (χ3v) is 4.97. The van der Waals surface area contributed by atoms with E-state index in [0.717, 1.165) is 49.2 Å². The maximum atomic E-state index is 12.4. The molecule has 8 nitrogen and oxygen atoms in total. The van der Waals surface area contributed by atoms with Crippen LogP contribution in [0, 0.1) is 5.21 Å². The summed E-state index contributed by atoms with van der Waals surface area (Å²) in [5.74, 6) is 1.65. The number of anilines is 1. The van der Waals surface area contributed by atoms with E-state index in [-0.39, 0.29) is 11.7 Å². The Morgan fingerprint density at radius 3 is 2.73 bits per heavy atom. The first kappa shape index (κ1) is 15.6. The number of amidine groups is 1. The van der Waals surface area contributed by atoms with E-state index in [1.807, 2.05) is 53.7 Å². The number of hydrogen-bond acceptors (Lipinski definition) is 7. The van der Waals surface area contributed by atoms with Crippen LogP contribution in [0.3, 0.4) is 0 Å². The van der Waals surface area contributed by atoms with Crippen LogP contribution in [0.1, 0.15) is 0 Å². The number of para-hydroxylation sites is 1. The fraction of sp³-hybridized carbons (Fsp3) is 0.278. The minimum atomic E-state index is 0.0716. The molecule has 1 saturated heterocycles. The zero-order valence-corrected chi connectivity index (χ0v) is 14.4. The van der Waals surface area contributed by atoms with Gasteiger partial charge in [-0.3, -0.25) is 9.91 Å². The summed E-state index contributed by atoms with van der Waals surface area (Å²) in [5.41, 5.74) is 2.65. The second kappa shape index (κ2) is 6.26. The lowest BCUT2D eigenvalue weighted by Crippen LogP contribution is -3.04. The molecular weight excluding hydrogens is 330 g/mol. The summed E-state index contributed by atoms with van der Waals surface area (Å²) < 4.78 is 0. The van der Waals surface area contributed by atoms with Gasteiger partial charge < -0.3 is 20.9 Å². The summed E-state index contributed by atoms with van der Waals surface area (Å²) in [7, 11) is 0. The summed E-state index contributed by atoms with van der Waals surface area (Å²) in [6.45, 7) is 3.96. The fourth-order valence-corrected chi connectivity index (χ4v) is 3.73. The summed E-state index contributed by atoms with van der Waals surface area (Å²) in [6, 6.07) is 10.1. The Bertz CT molecular complexity index is 823. The first-order valence-corrected chi connectivity index (χ1v) is 8.90. The lowest BCUT2D eigenvalue weighted by molar-refractivity contribution is -0.794. The predicted octanol–water partition coefficient (Wildman–Crippen LogP) is -0.491. The highest BCUT2D eigenvalue weighted by atomic mass is 16.5. The first-order chi connectivity index (χ1) is 12.8. The van der Waals surface area contributed by atoms with E-state index in [4.69, 9.17) is 0 Å². The van der Waals surface area contributed by atoms with Crippen LogP contribution in [0.25, 0.3) is 0 Å². The van der Waals surface area contributed by atoms with Crippen LogP contribution in [0.5, 0.6) is 0 Å². The monoisotopic (exact) mass is 351 g/mol. The Hall–Kier alpha value is -2.65. The van der Waals surface area contributed by atoms with Crippen LogP contribution in [0.4, 0.5) is 5.69 Å². The molecule has 4 aliphatic rings. The Kier molecular flexibility index (Phi) is 3.75. The zero-order valence-electron chi connectivity index (χ0n) is 14.4. The lowest BCUT2D eigenvalue weighted by Gasteiger charge is -2.43. The van der Waals surface area contributed by atoms with E-state index in [0.29, 0.717) is 5.70 Å². The van der Waals surface area contributed by atoms with Gasteiger partial charge in [-0.1, -0.05) is 18.2 Å². The maximum Gasteiger partial charge on any atom is 0.202 e. The van der Waals surface area contributed by atoms with Crippen molar-refractivity contribution in [1.29, 1.82) is 0 Å². The summed E-state index contributed by atoms with van der Waals surface area (Å²) in [4.78, 5) is 6.56. The minimum Gasteiger partial charge on any atom is -0.627 e. The molecule has 1 aromatic rings. The highest BCUT2D eigenvalue weighted by Gasteiger charge is 2.38. The molecule has 4 heterocycles. The average molecular weight is 351 g/mol. The summed E-state index contributed by atoms with van der Waals surface area (Å²) in [5, 5.41) is 23.7. The van der Waals surface area contributed by atoms with Crippen molar-refractivity contribution in [3.05, 3.63) is 71.2 Å². The van der Waals surface area contributed by atoms with Crippen molar-refractivity contribution in [2.75, 3.05) is 37.7 Å². The van der Waals surface area contributed by atoms with E-state index >= 15 is 0 Å². The van der Waals surface area contributed by atoms with Gasteiger partial charge in [-0.25, -0.2) is 10.0 Å². The Morgan fingerprint density at radius 2 is 1.92 bits per heavy atom. The third kappa shape index (κ3) is 2.43. The molecule has 134 valence electrons. The van der Waals surface area contributed by atoms with E-state index in [1.165, 1.54) is 0 Å². The molecule has 26 heavy (non-hydrogen) atoms. The highest BCUT2D eigenvalue weighted by Crippen LogP contribution is 2.31. The number of hydrogen-bond donors (Lipinski definition) is 3. The van der Waals surface area contributed by atoms with E-state index < -0.39 is 0 Å². The number of aliphatic imine (C=N–C) groups is 1. The maximum absolute atomic E-state index is 12.4. The molecule has 0 spiro atoms. The largest absolute Gasteiger partial charge is 0.627 e. The van der Waals surface area contributed by atoms with Gasteiger partial charge in [-0.15, -0.1) is 0 Å². The smallest absolute Gasteiger partial charge is 0.202 e. The van der Waals surface area contributed by atoms with Crippen molar-refractivity contribution in [2.24, 2.45) is 4.99 Å². The topological polar surface area (TPSA) is 73.6 Å². The minimum absolute atomic E-state index is 0.0716. The van der Waals surface area contributed by atoms with Crippen molar-refractivity contribution in [3.8, 4) is 0 Å². The van der Waals surface area contributed by atoms with Gasteiger partial charge in [0, 0.05) is 50.3 Å². The molecule has 0 aromatic heterocycles. The van der Waals surface area contributed by atoms with E-state index in [1.54, 1.807) is 0 Å². The number of allylic oxidation sites excluding steroid dienone is 1. The van der Waals surface area contributed by atoms with Crippen LogP contribution in [0.15, 0.2) is 71.0 Å². The lowest BCUT2D eigenvalue weighted by atomic mass is 10.1. The number of hydroxylamine groups is 2. The zero-order chi connectivity index (χ0) is 17.5. The van der Waals surface area contributed by atoms with Gasteiger partial charge in [0.05, 0.1) is 0 Å². The number of rotatable bonds is 2. The van der Waals surface area contributed by atoms with Crippen molar-refractivity contribution in [2.45, 2.75) is 0 Å². The molecule has 0 saturated carbocycles. The van der Waals surface area contributed by atoms with Gasteiger partial charge in [0.25, 0.3) is 0 Å². The molecule has 0 bridgehead atoms. The molecule has 1 atom stereocenters. The molecule has 4 aliphatic heterocycles. The van der Waals surface area contributed by atoms with Crippen LogP contribution in [0.2, 0.25) is 0 Å². The van der Waals surface area contributed by atoms with Crippen molar-refractivity contribution in [3.63, 3.8) is 0 Å². The second-order valence-corrected chi connectivity index (χ2v) is 6.53. The number of quaternary nitrogens is 1. The molecule has 0 amide bonds. The molecule has 3 N–H and O–H groups in total. The Morgan fingerprint density at radius 1 is 1.12 bits per heavy atom. The molecule has 1 aromatic carbocycles.